The Bertz CT molecular complexity index is 589. The van der Waals surface area contributed by atoms with Crippen LogP contribution >= 0.6 is 11.6 Å². The number of rotatable bonds is 6. The summed E-state index contributed by atoms with van der Waals surface area (Å²) in [5.74, 6) is 0.0229. The van der Waals surface area contributed by atoms with E-state index in [1.54, 1.807) is 12.1 Å². The van der Waals surface area contributed by atoms with Crippen LogP contribution < -0.4 is 10.2 Å². The Kier molecular flexibility index (Phi) is 5.63. The Hall–Kier alpha value is -1.79. The number of aromatic hydroxyl groups is 1. The molecule has 0 radical (unpaired) electrons. The van der Waals surface area contributed by atoms with Gasteiger partial charge in [-0.1, -0.05) is 18.5 Å². The highest BCUT2D eigenvalue weighted by Gasteiger charge is 2.25. The summed E-state index contributed by atoms with van der Waals surface area (Å²) in [7, 11) is 0. The number of nitrogens with zero attached hydrogens (tertiary/aromatic N) is 1. The Morgan fingerprint density at radius 1 is 1.45 bits per heavy atom. The Balaban J connectivity index is 2.18. The molecule has 6 nitrogen and oxygen atoms in total. The average molecular weight is 327 g/mol. The molecule has 2 rings (SSSR count). The topological polar surface area (TPSA) is 91.2 Å². The number of unbranched alkanes of at least 4 members (excludes halogenated alkanes) is 1. The minimum absolute atomic E-state index is 0.105. The van der Waals surface area contributed by atoms with Crippen LogP contribution in [0.4, 0.5) is 0 Å². The minimum Gasteiger partial charge on any atom is -0.506 e. The van der Waals surface area contributed by atoms with Gasteiger partial charge < -0.3 is 14.9 Å². The molecule has 22 heavy (non-hydrogen) atoms. The summed E-state index contributed by atoms with van der Waals surface area (Å²) in [5.41, 5.74) is 3.49. The van der Waals surface area contributed by atoms with Crippen molar-refractivity contribution in [1.82, 2.24) is 5.43 Å². The average Bonchev–Trinajstić information content (AvgIpc) is 2.49. The van der Waals surface area contributed by atoms with Crippen molar-refractivity contribution in [3.8, 4) is 11.5 Å². The van der Waals surface area contributed by atoms with Gasteiger partial charge in [0.1, 0.15) is 16.5 Å². The molecule has 0 aliphatic carbocycles. The maximum absolute atomic E-state index is 11.3. The van der Waals surface area contributed by atoms with E-state index in [0.29, 0.717) is 42.9 Å². The molecule has 1 aromatic rings. The van der Waals surface area contributed by atoms with Crippen LogP contribution in [0, 0.1) is 5.92 Å². The Morgan fingerprint density at radius 2 is 2.23 bits per heavy atom. The monoisotopic (exact) mass is 326 g/mol. The lowest BCUT2D eigenvalue weighted by molar-refractivity contribution is -0.121. The zero-order valence-electron chi connectivity index (χ0n) is 12.3. The molecule has 1 aromatic carbocycles. The number of nitrogens with one attached hydrogen (secondary N) is 1. The quantitative estimate of drug-likeness (QED) is 0.698. The number of phenolic OH excluding ortho intramolecular Hbond substituents is 1. The number of phenols is 1. The first-order chi connectivity index (χ1) is 10.5. The van der Waals surface area contributed by atoms with Gasteiger partial charge in [0.2, 0.25) is 5.91 Å². The fourth-order valence-corrected chi connectivity index (χ4v) is 2.46. The van der Waals surface area contributed by atoms with Crippen LogP contribution in [0.15, 0.2) is 17.2 Å². The van der Waals surface area contributed by atoms with Gasteiger partial charge in [0.25, 0.3) is 0 Å². The first-order valence-corrected chi connectivity index (χ1v) is 7.54. The zero-order chi connectivity index (χ0) is 16.1. The van der Waals surface area contributed by atoms with E-state index in [-0.39, 0.29) is 29.2 Å². The van der Waals surface area contributed by atoms with E-state index in [9.17, 15) is 9.90 Å². The predicted octanol–water partition coefficient (Wildman–Crippen LogP) is 2.06. The van der Waals surface area contributed by atoms with Crippen LogP contribution in [0.25, 0.3) is 0 Å². The van der Waals surface area contributed by atoms with Gasteiger partial charge in [-0.3, -0.25) is 4.79 Å². The first kappa shape index (κ1) is 16.6. The molecule has 1 aliphatic rings. The minimum atomic E-state index is -0.148. The molecule has 1 amide bonds. The lowest BCUT2D eigenvalue weighted by atomic mass is 9.93. The molecule has 1 atom stereocenters. The van der Waals surface area contributed by atoms with Gasteiger partial charge in [0.15, 0.2) is 0 Å². The number of hydrogen-bond acceptors (Lipinski definition) is 5. The second kappa shape index (κ2) is 7.47. The third-order valence-electron chi connectivity index (χ3n) is 3.43. The van der Waals surface area contributed by atoms with E-state index in [0.717, 1.165) is 0 Å². The molecule has 1 aliphatic heterocycles. The number of aliphatic hydroxyl groups is 1. The van der Waals surface area contributed by atoms with Crippen molar-refractivity contribution < 1.29 is 19.7 Å². The Morgan fingerprint density at radius 3 is 2.91 bits per heavy atom. The van der Waals surface area contributed by atoms with E-state index in [2.05, 4.69) is 10.5 Å². The summed E-state index contributed by atoms with van der Waals surface area (Å²) in [4.78, 5) is 11.3. The van der Waals surface area contributed by atoms with Crippen LogP contribution in [0.5, 0.6) is 11.5 Å². The smallest absolute Gasteiger partial charge is 0.240 e. The molecular weight excluding hydrogens is 308 g/mol. The van der Waals surface area contributed by atoms with Gasteiger partial charge in [0, 0.05) is 24.5 Å². The molecule has 0 spiro atoms. The van der Waals surface area contributed by atoms with Crippen LogP contribution in [0.3, 0.4) is 0 Å². The van der Waals surface area contributed by atoms with Crippen molar-refractivity contribution in [3.05, 3.63) is 22.7 Å². The fourth-order valence-electron chi connectivity index (χ4n) is 2.24. The number of hydrazone groups is 1. The highest BCUT2D eigenvalue weighted by atomic mass is 35.5. The highest BCUT2D eigenvalue weighted by molar-refractivity contribution is 6.34. The van der Waals surface area contributed by atoms with Gasteiger partial charge >= 0.3 is 0 Å². The van der Waals surface area contributed by atoms with Gasteiger partial charge in [0.05, 0.1) is 12.3 Å². The van der Waals surface area contributed by atoms with Crippen LogP contribution in [-0.2, 0) is 4.79 Å². The molecular formula is C15H19ClN2O4. The fraction of sp³-hybridized carbons (Fsp3) is 0.467. The van der Waals surface area contributed by atoms with E-state index < -0.39 is 0 Å². The highest BCUT2D eigenvalue weighted by Crippen LogP contribution is 2.38. The second-order valence-corrected chi connectivity index (χ2v) is 5.57. The van der Waals surface area contributed by atoms with Gasteiger partial charge in [-0.15, -0.1) is 0 Å². The molecule has 7 heteroatoms. The lowest BCUT2D eigenvalue weighted by Gasteiger charge is -2.20. The SMILES string of the molecule is C[C@@H]1CC(=O)NN=C1c1ccc(OCCCCO)c(Cl)c1O. The zero-order valence-corrected chi connectivity index (χ0v) is 13.1. The summed E-state index contributed by atoms with van der Waals surface area (Å²) in [5, 5.41) is 23.1. The van der Waals surface area contributed by atoms with E-state index in [1.807, 2.05) is 6.92 Å². The number of aliphatic hydroxyl groups excluding tert-OH is 1. The van der Waals surface area contributed by atoms with E-state index in [1.165, 1.54) is 0 Å². The summed E-state index contributed by atoms with van der Waals surface area (Å²) in [6.07, 6.45) is 1.66. The molecule has 1 heterocycles. The number of carbonyl (C=O) groups is 1. The Labute approximate surface area is 133 Å². The summed E-state index contributed by atoms with van der Waals surface area (Å²) >= 11 is 6.14. The van der Waals surface area contributed by atoms with Gasteiger partial charge in [-0.05, 0) is 25.0 Å². The number of hydrogen-bond donors (Lipinski definition) is 3. The van der Waals surface area contributed by atoms with Crippen molar-refractivity contribution in [3.63, 3.8) is 0 Å². The summed E-state index contributed by atoms with van der Waals surface area (Å²) in [6, 6.07) is 3.34. The summed E-state index contributed by atoms with van der Waals surface area (Å²) < 4.78 is 5.49. The van der Waals surface area contributed by atoms with E-state index in [4.69, 9.17) is 21.4 Å². The number of halogens is 1. The molecule has 0 bridgehead atoms. The van der Waals surface area contributed by atoms with Crippen molar-refractivity contribution in [2.24, 2.45) is 11.0 Å². The normalized spacial score (nSPS) is 17.9. The first-order valence-electron chi connectivity index (χ1n) is 7.16. The van der Waals surface area contributed by atoms with Crippen LogP contribution in [0.2, 0.25) is 5.02 Å². The molecule has 0 fully saturated rings. The predicted molar refractivity (Wildman–Crippen MR) is 83.4 cm³/mol. The number of benzene rings is 1. The molecule has 120 valence electrons. The second-order valence-electron chi connectivity index (χ2n) is 5.19. The number of carbonyl (C=O) groups excluding carboxylic acids is 1. The number of ether oxygens (including phenoxy) is 1. The van der Waals surface area contributed by atoms with Crippen molar-refractivity contribution in [1.29, 1.82) is 0 Å². The molecule has 0 saturated carbocycles. The van der Waals surface area contributed by atoms with Crippen molar-refractivity contribution >= 4 is 23.2 Å². The summed E-state index contributed by atoms with van der Waals surface area (Å²) in [6.45, 7) is 2.39. The third-order valence-corrected chi connectivity index (χ3v) is 3.79. The van der Waals surface area contributed by atoms with Crippen molar-refractivity contribution in [2.45, 2.75) is 26.2 Å². The standard InChI is InChI=1S/C15H19ClN2O4/c1-9-8-12(20)17-18-14(9)10-4-5-11(13(16)15(10)21)22-7-3-2-6-19/h4-5,9,19,21H,2-3,6-8H2,1H3,(H,17,20)/t9-/m1/s1. The molecule has 0 aromatic heterocycles. The lowest BCUT2D eigenvalue weighted by Crippen LogP contribution is -2.32. The maximum atomic E-state index is 11.3. The largest absolute Gasteiger partial charge is 0.506 e. The molecule has 3 N–H and O–H groups in total. The van der Waals surface area contributed by atoms with Gasteiger partial charge in [-0.25, -0.2) is 5.43 Å². The maximum Gasteiger partial charge on any atom is 0.240 e. The van der Waals surface area contributed by atoms with Crippen LogP contribution in [-0.4, -0.2) is 35.0 Å². The molecule has 0 unspecified atom stereocenters. The molecule has 0 saturated heterocycles. The van der Waals surface area contributed by atoms with Crippen LogP contribution in [0.1, 0.15) is 31.7 Å². The van der Waals surface area contributed by atoms with Gasteiger partial charge in [-0.2, -0.15) is 5.10 Å². The van der Waals surface area contributed by atoms with Crippen molar-refractivity contribution in [2.75, 3.05) is 13.2 Å². The van der Waals surface area contributed by atoms with E-state index >= 15 is 0 Å². The number of amides is 1. The third kappa shape index (κ3) is 3.69.